The molecule has 1 aromatic heterocycles. The predicted octanol–water partition coefficient (Wildman–Crippen LogP) is 3.38. The lowest BCUT2D eigenvalue weighted by atomic mass is 10.1. The maximum atomic E-state index is 13.1. The van der Waals surface area contributed by atoms with Gasteiger partial charge in [-0.25, -0.2) is 4.98 Å². The second-order valence-corrected chi connectivity index (χ2v) is 7.65. The third kappa shape index (κ3) is 5.27. The zero-order chi connectivity index (χ0) is 21.7. The van der Waals surface area contributed by atoms with Crippen LogP contribution in [0.15, 0.2) is 53.3 Å². The number of aryl methyl sites for hydroxylation is 1. The summed E-state index contributed by atoms with van der Waals surface area (Å²) in [5, 5.41) is 13.2. The Labute approximate surface area is 184 Å². The predicted molar refractivity (Wildman–Crippen MR) is 118 cm³/mol. The van der Waals surface area contributed by atoms with Gasteiger partial charge in [0.2, 0.25) is 5.91 Å². The number of nitrogens with one attached hydrogen (secondary N) is 1. The van der Waals surface area contributed by atoms with E-state index in [-0.39, 0.29) is 31.0 Å². The van der Waals surface area contributed by atoms with Crippen LogP contribution in [-0.4, -0.2) is 27.2 Å². The minimum absolute atomic E-state index is 0.167. The molecule has 0 aliphatic rings. The molecule has 0 atom stereocenters. The molecule has 0 unspecified atom stereocenters. The summed E-state index contributed by atoms with van der Waals surface area (Å²) in [4.78, 5) is 30.2. The molecule has 3 rings (SSSR count). The Bertz CT molecular complexity index is 1110. The van der Waals surface area contributed by atoms with Crippen molar-refractivity contribution in [2.75, 3.05) is 6.61 Å². The summed E-state index contributed by atoms with van der Waals surface area (Å²) in [5.41, 5.74) is 2.06. The molecule has 1 heterocycles. The van der Waals surface area contributed by atoms with E-state index >= 15 is 0 Å². The molecular weight excluding hydrogens is 425 g/mol. The van der Waals surface area contributed by atoms with Gasteiger partial charge in [0.25, 0.3) is 5.56 Å². The monoisotopic (exact) mass is 445 g/mol. The van der Waals surface area contributed by atoms with Crippen molar-refractivity contribution in [3.63, 3.8) is 0 Å². The zero-order valence-electron chi connectivity index (χ0n) is 16.4. The van der Waals surface area contributed by atoms with Gasteiger partial charge in [0.15, 0.2) is 0 Å². The van der Waals surface area contributed by atoms with Crippen LogP contribution in [0.3, 0.4) is 0 Å². The minimum atomic E-state index is -0.354. The number of nitrogens with zero attached hydrogens (tertiary/aromatic N) is 2. The Morgan fingerprint density at radius 2 is 1.87 bits per heavy atom. The Balaban J connectivity index is 1.92. The van der Waals surface area contributed by atoms with E-state index in [2.05, 4.69) is 10.3 Å². The van der Waals surface area contributed by atoms with Gasteiger partial charge in [-0.15, -0.1) is 0 Å². The highest BCUT2D eigenvalue weighted by Gasteiger charge is 2.18. The molecule has 0 saturated heterocycles. The van der Waals surface area contributed by atoms with Crippen molar-refractivity contribution >= 4 is 29.1 Å². The number of hydrogen-bond acceptors (Lipinski definition) is 4. The lowest BCUT2D eigenvalue weighted by molar-refractivity contribution is -0.121. The highest BCUT2D eigenvalue weighted by atomic mass is 35.5. The summed E-state index contributed by atoms with van der Waals surface area (Å²) < 4.78 is 1.32. The first-order valence-electron chi connectivity index (χ1n) is 9.37. The van der Waals surface area contributed by atoms with Crippen molar-refractivity contribution in [1.29, 1.82) is 0 Å². The standard InChI is InChI=1S/C22H21Cl2N3O3/c1-14-19(9-10-28)22(30)27(21(26-14)16-3-2-4-18(24)11-16)13-20(29)25-12-15-5-7-17(23)8-6-15/h2-8,11,28H,9-10,12-13H2,1H3,(H,25,29). The van der Waals surface area contributed by atoms with Gasteiger partial charge in [0, 0.05) is 46.4 Å². The first kappa shape index (κ1) is 22.0. The number of hydrogen-bond donors (Lipinski definition) is 2. The van der Waals surface area contributed by atoms with Crippen LogP contribution in [-0.2, 0) is 24.3 Å². The molecule has 6 nitrogen and oxygen atoms in total. The molecule has 3 aromatic rings. The summed E-state index contributed by atoms with van der Waals surface area (Å²) in [6, 6.07) is 14.1. The second kappa shape index (κ2) is 9.89. The van der Waals surface area contributed by atoms with E-state index in [1.807, 2.05) is 12.1 Å². The van der Waals surface area contributed by atoms with E-state index in [0.29, 0.717) is 39.2 Å². The fraction of sp³-hybridized carbons (Fsp3) is 0.227. The number of aromatic nitrogens is 2. The molecule has 0 radical (unpaired) electrons. The lowest BCUT2D eigenvalue weighted by Gasteiger charge is -2.16. The van der Waals surface area contributed by atoms with Crippen molar-refractivity contribution in [3.8, 4) is 11.4 Å². The molecule has 0 aliphatic carbocycles. The summed E-state index contributed by atoms with van der Waals surface area (Å²) in [7, 11) is 0. The third-order valence-electron chi connectivity index (χ3n) is 4.62. The average molecular weight is 446 g/mol. The molecule has 30 heavy (non-hydrogen) atoms. The summed E-state index contributed by atoms with van der Waals surface area (Å²) in [5.74, 6) is 0.0132. The molecule has 1 amide bonds. The second-order valence-electron chi connectivity index (χ2n) is 6.78. The van der Waals surface area contributed by atoms with Crippen molar-refractivity contribution in [2.45, 2.75) is 26.4 Å². The number of aliphatic hydroxyl groups excluding tert-OH is 1. The van der Waals surface area contributed by atoms with Gasteiger partial charge in [-0.3, -0.25) is 14.2 Å². The Hall–Kier alpha value is -2.67. The highest BCUT2D eigenvalue weighted by Crippen LogP contribution is 2.21. The molecular formula is C22H21Cl2N3O3. The number of halogens is 2. The number of carbonyl (C=O) groups is 1. The maximum absolute atomic E-state index is 13.1. The van der Waals surface area contributed by atoms with Gasteiger partial charge >= 0.3 is 0 Å². The molecule has 2 N–H and O–H groups in total. The lowest BCUT2D eigenvalue weighted by Crippen LogP contribution is -2.35. The van der Waals surface area contributed by atoms with Crippen LogP contribution in [0, 0.1) is 6.92 Å². The Kier molecular flexibility index (Phi) is 7.26. The highest BCUT2D eigenvalue weighted by molar-refractivity contribution is 6.31. The first-order valence-corrected chi connectivity index (χ1v) is 10.1. The molecule has 2 aromatic carbocycles. The summed E-state index contributed by atoms with van der Waals surface area (Å²) in [6.45, 7) is 1.63. The van der Waals surface area contributed by atoms with Crippen molar-refractivity contribution in [2.24, 2.45) is 0 Å². The largest absolute Gasteiger partial charge is 0.396 e. The van der Waals surface area contributed by atoms with Crippen LogP contribution in [0.5, 0.6) is 0 Å². The molecule has 0 fully saturated rings. The normalized spacial score (nSPS) is 10.8. The number of benzene rings is 2. The van der Waals surface area contributed by atoms with E-state index < -0.39 is 0 Å². The first-order chi connectivity index (χ1) is 14.4. The van der Waals surface area contributed by atoms with Crippen LogP contribution < -0.4 is 10.9 Å². The molecule has 0 aliphatic heterocycles. The zero-order valence-corrected chi connectivity index (χ0v) is 17.9. The van der Waals surface area contributed by atoms with Gasteiger partial charge in [0.1, 0.15) is 12.4 Å². The topological polar surface area (TPSA) is 84.2 Å². The maximum Gasteiger partial charge on any atom is 0.257 e. The van der Waals surface area contributed by atoms with Crippen LogP contribution in [0.2, 0.25) is 10.0 Å². The number of amides is 1. The van der Waals surface area contributed by atoms with E-state index in [1.54, 1.807) is 43.3 Å². The Morgan fingerprint density at radius 1 is 1.13 bits per heavy atom. The number of aliphatic hydroxyl groups is 1. The number of carbonyl (C=O) groups excluding carboxylic acids is 1. The number of rotatable bonds is 7. The molecule has 0 bridgehead atoms. The van der Waals surface area contributed by atoms with E-state index in [4.69, 9.17) is 23.2 Å². The summed E-state index contributed by atoms with van der Waals surface area (Å²) >= 11 is 12.0. The van der Waals surface area contributed by atoms with Crippen LogP contribution in [0.4, 0.5) is 0 Å². The van der Waals surface area contributed by atoms with Gasteiger partial charge in [0.05, 0.1) is 0 Å². The molecule has 0 spiro atoms. The smallest absolute Gasteiger partial charge is 0.257 e. The van der Waals surface area contributed by atoms with Gasteiger partial charge in [-0.1, -0.05) is 47.5 Å². The van der Waals surface area contributed by atoms with E-state index in [0.717, 1.165) is 5.56 Å². The molecule has 156 valence electrons. The fourth-order valence-electron chi connectivity index (χ4n) is 3.10. The molecule has 0 saturated carbocycles. The van der Waals surface area contributed by atoms with Gasteiger partial charge < -0.3 is 10.4 Å². The Morgan fingerprint density at radius 3 is 2.53 bits per heavy atom. The van der Waals surface area contributed by atoms with Crippen LogP contribution in [0.25, 0.3) is 11.4 Å². The van der Waals surface area contributed by atoms with Crippen molar-refractivity contribution < 1.29 is 9.90 Å². The van der Waals surface area contributed by atoms with Crippen molar-refractivity contribution in [1.82, 2.24) is 14.9 Å². The van der Waals surface area contributed by atoms with Crippen molar-refractivity contribution in [3.05, 3.63) is 85.8 Å². The summed E-state index contributed by atoms with van der Waals surface area (Å²) in [6.07, 6.45) is 0.167. The third-order valence-corrected chi connectivity index (χ3v) is 5.11. The van der Waals surface area contributed by atoms with Crippen LogP contribution >= 0.6 is 23.2 Å². The van der Waals surface area contributed by atoms with Crippen LogP contribution in [0.1, 0.15) is 16.8 Å². The van der Waals surface area contributed by atoms with Gasteiger partial charge in [-0.2, -0.15) is 0 Å². The SMILES string of the molecule is Cc1nc(-c2cccc(Cl)c2)n(CC(=O)NCc2ccc(Cl)cc2)c(=O)c1CCO. The average Bonchev–Trinajstić information content (AvgIpc) is 2.72. The quantitative estimate of drug-likeness (QED) is 0.583. The van der Waals surface area contributed by atoms with E-state index in [1.165, 1.54) is 4.57 Å². The van der Waals surface area contributed by atoms with E-state index in [9.17, 15) is 14.7 Å². The minimum Gasteiger partial charge on any atom is -0.396 e. The fourth-order valence-corrected chi connectivity index (χ4v) is 3.41. The molecule has 8 heteroatoms. The van der Waals surface area contributed by atoms with Gasteiger partial charge in [-0.05, 0) is 36.8 Å².